The number of nitrogens with zero attached hydrogens (tertiary/aromatic N) is 2. The number of halogens is 3. The first-order chi connectivity index (χ1) is 13.5. The van der Waals surface area contributed by atoms with E-state index in [9.17, 15) is 18.0 Å². The van der Waals surface area contributed by atoms with Gasteiger partial charge >= 0.3 is 0 Å². The molecule has 2 aromatic carbocycles. The van der Waals surface area contributed by atoms with Crippen LogP contribution in [0.2, 0.25) is 0 Å². The van der Waals surface area contributed by atoms with Gasteiger partial charge in [-0.2, -0.15) is 0 Å². The third kappa shape index (κ3) is 4.20. The largest absolute Gasteiger partial charge is 0.496 e. The molecule has 1 amide bonds. The van der Waals surface area contributed by atoms with E-state index in [1.54, 1.807) is 7.11 Å². The van der Waals surface area contributed by atoms with Gasteiger partial charge in [-0.1, -0.05) is 18.2 Å². The Morgan fingerprint density at radius 1 is 1.00 bits per heavy atom. The molecular formula is C19H15F3N4O2. The van der Waals surface area contributed by atoms with Crippen LogP contribution in [0.5, 0.6) is 5.75 Å². The lowest BCUT2D eigenvalue weighted by atomic mass is 10.2. The average Bonchev–Trinajstić information content (AvgIpc) is 2.73. The lowest BCUT2D eigenvalue weighted by molar-refractivity contribution is 0.102. The summed E-state index contributed by atoms with van der Waals surface area (Å²) in [5, 5.41) is 12.8. The molecule has 0 saturated heterocycles. The highest BCUT2D eigenvalue weighted by atomic mass is 19.2. The summed E-state index contributed by atoms with van der Waals surface area (Å²) < 4.78 is 45.1. The number of hydrogen-bond acceptors (Lipinski definition) is 5. The summed E-state index contributed by atoms with van der Waals surface area (Å²) in [6.45, 7) is 0.421. The summed E-state index contributed by atoms with van der Waals surface area (Å²) in [7, 11) is 1.57. The van der Waals surface area contributed by atoms with Crippen LogP contribution in [-0.4, -0.2) is 23.2 Å². The van der Waals surface area contributed by atoms with E-state index >= 15 is 0 Å². The maximum atomic E-state index is 13.6. The van der Waals surface area contributed by atoms with Crippen LogP contribution in [0.25, 0.3) is 0 Å². The van der Waals surface area contributed by atoms with Crippen LogP contribution in [0.3, 0.4) is 0 Å². The quantitative estimate of drug-likeness (QED) is 0.629. The number of anilines is 2. The second-order valence-corrected chi connectivity index (χ2v) is 5.65. The number of nitrogens with one attached hydrogen (secondary N) is 2. The van der Waals surface area contributed by atoms with E-state index in [1.165, 1.54) is 12.1 Å². The summed E-state index contributed by atoms with van der Waals surface area (Å²) in [4.78, 5) is 12.1. The van der Waals surface area contributed by atoms with Gasteiger partial charge in [-0.25, -0.2) is 13.2 Å². The fourth-order valence-corrected chi connectivity index (χ4v) is 2.39. The monoisotopic (exact) mass is 388 g/mol. The maximum Gasteiger partial charge on any atom is 0.276 e. The van der Waals surface area contributed by atoms with Crippen molar-refractivity contribution in [1.82, 2.24) is 10.2 Å². The molecule has 3 aromatic rings. The average molecular weight is 388 g/mol. The second kappa shape index (κ2) is 8.38. The Hall–Kier alpha value is -3.62. The van der Waals surface area contributed by atoms with Gasteiger partial charge in [-0.3, -0.25) is 4.79 Å². The molecule has 9 heteroatoms. The minimum absolute atomic E-state index is 0.119. The van der Waals surface area contributed by atoms with Gasteiger partial charge in [0.05, 0.1) is 12.8 Å². The second-order valence-electron chi connectivity index (χ2n) is 5.65. The van der Waals surface area contributed by atoms with E-state index in [0.29, 0.717) is 24.2 Å². The number of benzene rings is 2. The SMILES string of the molecule is COc1ccccc1CNc1ccc(C(=O)Nc2ccc(F)c(F)c2F)nn1. The maximum absolute atomic E-state index is 13.6. The van der Waals surface area contributed by atoms with E-state index in [0.717, 1.165) is 11.6 Å². The lowest BCUT2D eigenvalue weighted by Crippen LogP contribution is -2.16. The molecule has 0 fully saturated rings. The molecule has 2 N–H and O–H groups in total. The summed E-state index contributed by atoms with van der Waals surface area (Å²) >= 11 is 0. The van der Waals surface area contributed by atoms with Gasteiger partial charge in [0.1, 0.15) is 11.6 Å². The number of para-hydroxylation sites is 1. The van der Waals surface area contributed by atoms with E-state index in [1.807, 2.05) is 24.3 Å². The molecule has 0 atom stereocenters. The standard InChI is InChI=1S/C19H15F3N4O2/c1-28-15-5-3-2-4-11(15)10-23-16-9-8-14(25-26-16)19(27)24-13-7-6-12(20)17(21)18(13)22/h2-9H,10H2,1H3,(H,23,26)(H,24,27). The van der Waals surface area contributed by atoms with Crippen LogP contribution < -0.4 is 15.4 Å². The minimum Gasteiger partial charge on any atom is -0.496 e. The van der Waals surface area contributed by atoms with Crippen molar-refractivity contribution in [2.24, 2.45) is 0 Å². The number of methoxy groups -OCH3 is 1. The normalized spacial score (nSPS) is 10.4. The van der Waals surface area contributed by atoms with Gasteiger partial charge in [-0.05, 0) is 30.3 Å². The molecule has 28 heavy (non-hydrogen) atoms. The Kier molecular flexibility index (Phi) is 5.73. The van der Waals surface area contributed by atoms with Gasteiger partial charge < -0.3 is 15.4 Å². The zero-order chi connectivity index (χ0) is 20.1. The minimum atomic E-state index is -1.67. The summed E-state index contributed by atoms with van der Waals surface area (Å²) in [6.07, 6.45) is 0. The third-order valence-electron chi connectivity index (χ3n) is 3.83. The van der Waals surface area contributed by atoms with Crippen molar-refractivity contribution < 1.29 is 22.7 Å². The molecular weight excluding hydrogens is 373 g/mol. The van der Waals surface area contributed by atoms with E-state index in [4.69, 9.17) is 4.74 Å². The van der Waals surface area contributed by atoms with Crippen molar-refractivity contribution in [2.75, 3.05) is 17.7 Å². The summed E-state index contributed by atoms with van der Waals surface area (Å²) in [5.74, 6) is -4.19. The number of rotatable bonds is 6. The highest BCUT2D eigenvalue weighted by molar-refractivity contribution is 6.02. The zero-order valence-corrected chi connectivity index (χ0v) is 14.7. The molecule has 0 aliphatic heterocycles. The number of carbonyl (C=O) groups is 1. The molecule has 0 aliphatic carbocycles. The van der Waals surface area contributed by atoms with Crippen LogP contribution in [0.1, 0.15) is 16.1 Å². The van der Waals surface area contributed by atoms with Crippen molar-refractivity contribution in [3.63, 3.8) is 0 Å². The fraction of sp³-hybridized carbons (Fsp3) is 0.105. The fourth-order valence-electron chi connectivity index (χ4n) is 2.39. The lowest BCUT2D eigenvalue weighted by Gasteiger charge is -2.10. The molecule has 0 spiro atoms. The first-order valence-electron chi connectivity index (χ1n) is 8.14. The zero-order valence-electron chi connectivity index (χ0n) is 14.7. The Balaban J connectivity index is 1.65. The van der Waals surface area contributed by atoms with Gasteiger partial charge in [0, 0.05) is 12.1 Å². The van der Waals surface area contributed by atoms with Gasteiger partial charge in [0.15, 0.2) is 23.1 Å². The van der Waals surface area contributed by atoms with Crippen LogP contribution >= 0.6 is 0 Å². The molecule has 0 saturated carbocycles. The van der Waals surface area contributed by atoms with Crippen LogP contribution in [-0.2, 0) is 6.54 Å². The smallest absolute Gasteiger partial charge is 0.276 e. The Morgan fingerprint density at radius 2 is 1.79 bits per heavy atom. The third-order valence-corrected chi connectivity index (χ3v) is 3.83. The summed E-state index contributed by atoms with van der Waals surface area (Å²) in [6, 6.07) is 11.9. The van der Waals surface area contributed by atoms with Crippen molar-refractivity contribution in [1.29, 1.82) is 0 Å². The van der Waals surface area contributed by atoms with Crippen LogP contribution in [0, 0.1) is 17.5 Å². The van der Waals surface area contributed by atoms with Crippen molar-refractivity contribution >= 4 is 17.4 Å². The topological polar surface area (TPSA) is 76.1 Å². The van der Waals surface area contributed by atoms with E-state index in [-0.39, 0.29) is 5.69 Å². The van der Waals surface area contributed by atoms with Gasteiger partial charge in [0.2, 0.25) is 0 Å². The van der Waals surface area contributed by atoms with Crippen LogP contribution in [0.4, 0.5) is 24.7 Å². The first-order valence-corrected chi connectivity index (χ1v) is 8.14. The predicted molar refractivity (Wildman–Crippen MR) is 96.6 cm³/mol. The number of carbonyl (C=O) groups excluding carboxylic acids is 1. The highest BCUT2D eigenvalue weighted by Gasteiger charge is 2.17. The Bertz CT molecular complexity index is 997. The molecule has 0 aliphatic rings. The molecule has 3 rings (SSSR count). The Morgan fingerprint density at radius 3 is 2.50 bits per heavy atom. The van der Waals surface area contributed by atoms with Crippen molar-refractivity contribution in [3.05, 3.63) is 77.2 Å². The molecule has 0 unspecified atom stereocenters. The van der Waals surface area contributed by atoms with Gasteiger partial charge in [-0.15, -0.1) is 10.2 Å². The molecule has 1 heterocycles. The Labute approximate surface area is 158 Å². The van der Waals surface area contributed by atoms with Crippen molar-refractivity contribution in [3.8, 4) is 5.75 Å². The highest BCUT2D eigenvalue weighted by Crippen LogP contribution is 2.21. The molecule has 0 bridgehead atoms. The number of amides is 1. The molecule has 144 valence electrons. The molecule has 0 radical (unpaired) electrons. The number of hydrogen-bond donors (Lipinski definition) is 2. The number of aromatic nitrogens is 2. The summed E-state index contributed by atoms with van der Waals surface area (Å²) in [5.41, 5.74) is 0.290. The van der Waals surface area contributed by atoms with E-state index < -0.39 is 29.0 Å². The molecule has 1 aromatic heterocycles. The van der Waals surface area contributed by atoms with Crippen molar-refractivity contribution in [2.45, 2.75) is 6.54 Å². The van der Waals surface area contributed by atoms with Gasteiger partial charge in [0.25, 0.3) is 5.91 Å². The predicted octanol–water partition coefficient (Wildman–Crippen LogP) is 3.77. The molecule has 6 nitrogen and oxygen atoms in total. The van der Waals surface area contributed by atoms with Crippen LogP contribution in [0.15, 0.2) is 48.5 Å². The van der Waals surface area contributed by atoms with E-state index in [2.05, 4.69) is 20.8 Å². The number of ether oxygens (including phenoxy) is 1. The first kappa shape index (κ1) is 19.2.